The molecule has 2 unspecified atom stereocenters. The average molecular weight is 280 g/mol. The Morgan fingerprint density at radius 2 is 2.21 bits per heavy atom. The Morgan fingerprint density at radius 3 is 2.84 bits per heavy atom. The van der Waals surface area contributed by atoms with Crippen molar-refractivity contribution < 1.29 is 9.59 Å². The van der Waals surface area contributed by atoms with E-state index >= 15 is 0 Å². The number of carbonyl (C=O) groups is 2. The molecule has 1 N–H and O–H groups in total. The van der Waals surface area contributed by atoms with Crippen LogP contribution in [0, 0.1) is 0 Å². The number of carbonyl (C=O) groups excluding carboxylic acids is 2. The lowest BCUT2D eigenvalue weighted by molar-refractivity contribution is -0.148. The van der Waals surface area contributed by atoms with E-state index in [1.54, 1.807) is 23.2 Å². The molecule has 0 aliphatic carbocycles. The van der Waals surface area contributed by atoms with E-state index in [9.17, 15) is 9.59 Å². The molecule has 1 aliphatic rings. The van der Waals surface area contributed by atoms with Gasteiger partial charge in [0.2, 0.25) is 11.8 Å². The molecule has 1 aromatic heterocycles. The topological polar surface area (TPSA) is 49.4 Å². The second-order valence-electron chi connectivity index (χ2n) is 4.94. The molecule has 1 saturated heterocycles. The number of rotatable bonds is 5. The first-order valence-electron chi connectivity index (χ1n) is 6.75. The van der Waals surface area contributed by atoms with Crippen LogP contribution in [0.15, 0.2) is 16.8 Å². The molecule has 0 radical (unpaired) electrons. The average Bonchev–Trinajstić information content (AvgIpc) is 2.89. The smallest absolute Gasteiger partial charge is 0.245 e. The number of hydrogen-bond acceptors (Lipinski definition) is 3. The predicted octanol–water partition coefficient (Wildman–Crippen LogP) is 1.81. The molecule has 2 amide bonds. The standard InChI is InChI=1S/C14H20N2O2S/c1-3-4-12-14(18)16(10(2)13(17)15-12)7-5-11-6-8-19-9-11/h6,8-10,12H,3-5,7H2,1-2H3,(H,15,17). The highest BCUT2D eigenvalue weighted by Gasteiger charge is 2.36. The van der Waals surface area contributed by atoms with Crippen molar-refractivity contribution in [1.29, 1.82) is 0 Å². The van der Waals surface area contributed by atoms with Gasteiger partial charge in [-0.15, -0.1) is 0 Å². The van der Waals surface area contributed by atoms with Crippen molar-refractivity contribution in [1.82, 2.24) is 10.2 Å². The zero-order chi connectivity index (χ0) is 13.8. The zero-order valence-corrected chi connectivity index (χ0v) is 12.2. The van der Waals surface area contributed by atoms with Crippen molar-refractivity contribution in [2.75, 3.05) is 6.54 Å². The summed E-state index contributed by atoms with van der Waals surface area (Å²) in [6.45, 7) is 4.43. The Balaban J connectivity index is 2.02. The Bertz CT molecular complexity index is 444. The zero-order valence-electron chi connectivity index (χ0n) is 11.4. The summed E-state index contributed by atoms with van der Waals surface area (Å²) in [5.41, 5.74) is 1.23. The number of thiophene rings is 1. The molecule has 1 aliphatic heterocycles. The van der Waals surface area contributed by atoms with Gasteiger partial charge in [0.05, 0.1) is 0 Å². The molecule has 0 spiro atoms. The minimum atomic E-state index is -0.362. The third-order valence-electron chi connectivity index (χ3n) is 3.54. The summed E-state index contributed by atoms with van der Waals surface area (Å²) < 4.78 is 0. The van der Waals surface area contributed by atoms with Crippen molar-refractivity contribution >= 4 is 23.2 Å². The Kier molecular flexibility index (Phi) is 4.58. The van der Waals surface area contributed by atoms with E-state index in [1.807, 2.05) is 12.3 Å². The summed E-state index contributed by atoms with van der Waals surface area (Å²) in [5.74, 6) is 0.0209. The van der Waals surface area contributed by atoms with Crippen LogP contribution in [0.3, 0.4) is 0 Å². The Labute approximate surface area is 117 Å². The molecular weight excluding hydrogens is 260 g/mol. The van der Waals surface area contributed by atoms with Crippen molar-refractivity contribution in [3.63, 3.8) is 0 Å². The number of amides is 2. The van der Waals surface area contributed by atoms with E-state index in [0.717, 1.165) is 12.8 Å². The second-order valence-corrected chi connectivity index (χ2v) is 5.72. The van der Waals surface area contributed by atoms with Crippen LogP contribution in [0.25, 0.3) is 0 Å². The highest BCUT2D eigenvalue weighted by atomic mass is 32.1. The molecule has 19 heavy (non-hydrogen) atoms. The van der Waals surface area contributed by atoms with Gasteiger partial charge < -0.3 is 10.2 Å². The van der Waals surface area contributed by atoms with Gasteiger partial charge in [-0.2, -0.15) is 11.3 Å². The molecule has 0 saturated carbocycles. The SMILES string of the molecule is CCCC1NC(=O)C(C)N(CCc2ccsc2)C1=O. The van der Waals surface area contributed by atoms with E-state index in [1.165, 1.54) is 5.56 Å². The largest absolute Gasteiger partial charge is 0.343 e. The van der Waals surface area contributed by atoms with Gasteiger partial charge in [-0.3, -0.25) is 9.59 Å². The summed E-state index contributed by atoms with van der Waals surface area (Å²) in [7, 11) is 0. The fraction of sp³-hybridized carbons (Fsp3) is 0.571. The summed E-state index contributed by atoms with van der Waals surface area (Å²) in [6, 6.07) is 1.36. The van der Waals surface area contributed by atoms with Crippen molar-refractivity contribution in [2.24, 2.45) is 0 Å². The first kappa shape index (κ1) is 14.1. The summed E-state index contributed by atoms with van der Waals surface area (Å²) >= 11 is 1.65. The molecule has 2 rings (SSSR count). The van der Waals surface area contributed by atoms with Gasteiger partial charge in [-0.1, -0.05) is 13.3 Å². The summed E-state index contributed by atoms with van der Waals surface area (Å²) in [4.78, 5) is 26.0. The van der Waals surface area contributed by atoms with Crippen molar-refractivity contribution in [2.45, 2.75) is 45.2 Å². The van der Waals surface area contributed by atoms with Crippen molar-refractivity contribution in [3.05, 3.63) is 22.4 Å². The highest BCUT2D eigenvalue weighted by molar-refractivity contribution is 7.07. The van der Waals surface area contributed by atoms with E-state index in [-0.39, 0.29) is 23.9 Å². The first-order valence-corrected chi connectivity index (χ1v) is 7.69. The third kappa shape index (κ3) is 3.15. The van der Waals surface area contributed by atoms with Gasteiger partial charge in [-0.05, 0) is 42.2 Å². The van der Waals surface area contributed by atoms with E-state index < -0.39 is 0 Å². The molecule has 2 heterocycles. The van der Waals surface area contributed by atoms with Crippen LogP contribution < -0.4 is 5.32 Å². The maximum absolute atomic E-state index is 12.3. The van der Waals surface area contributed by atoms with Crippen LogP contribution in [0.1, 0.15) is 32.3 Å². The van der Waals surface area contributed by atoms with Crippen LogP contribution in [0.5, 0.6) is 0 Å². The Hall–Kier alpha value is -1.36. The van der Waals surface area contributed by atoms with Gasteiger partial charge in [0.25, 0.3) is 0 Å². The number of nitrogens with one attached hydrogen (secondary N) is 1. The molecule has 2 atom stereocenters. The second kappa shape index (κ2) is 6.19. The maximum Gasteiger partial charge on any atom is 0.245 e. The number of nitrogens with zero attached hydrogens (tertiary/aromatic N) is 1. The minimum absolute atomic E-state index is 0.0385. The van der Waals surface area contributed by atoms with Crippen LogP contribution >= 0.6 is 11.3 Å². The molecule has 4 nitrogen and oxygen atoms in total. The summed E-state index contributed by atoms with van der Waals surface area (Å²) in [6.07, 6.45) is 2.42. The van der Waals surface area contributed by atoms with Crippen molar-refractivity contribution in [3.8, 4) is 0 Å². The third-order valence-corrected chi connectivity index (χ3v) is 4.28. The van der Waals surface area contributed by atoms with E-state index in [0.29, 0.717) is 13.0 Å². The predicted molar refractivity (Wildman–Crippen MR) is 76.0 cm³/mol. The van der Waals surface area contributed by atoms with Gasteiger partial charge in [-0.25, -0.2) is 0 Å². The van der Waals surface area contributed by atoms with Gasteiger partial charge in [0.15, 0.2) is 0 Å². The Morgan fingerprint density at radius 1 is 1.42 bits per heavy atom. The first-order chi connectivity index (χ1) is 9.13. The molecule has 1 aromatic rings. The lowest BCUT2D eigenvalue weighted by Crippen LogP contribution is -2.62. The fourth-order valence-electron chi connectivity index (χ4n) is 2.36. The van der Waals surface area contributed by atoms with E-state index in [4.69, 9.17) is 0 Å². The lowest BCUT2D eigenvalue weighted by atomic mass is 10.0. The quantitative estimate of drug-likeness (QED) is 0.894. The van der Waals surface area contributed by atoms with Crippen LogP contribution in [-0.4, -0.2) is 35.3 Å². The minimum Gasteiger partial charge on any atom is -0.343 e. The fourth-order valence-corrected chi connectivity index (χ4v) is 3.06. The maximum atomic E-state index is 12.3. The normalized spacial score (nSPS) is 23.6. The summed E-state index contributed by atoms with van der Waals surface area (Å²) in [5, 5.41) is 6.93. The monoisotopic (exact) mass is 280 g/mol. The number of piperazine rings is 1. The van der Waals surface area contributed by atoms with E-state index in [2.05, 4.69) is 16.8 Å². The van der Waals surface area contributed by atoms with Gasteiger partial charge in [0, 0.05) is 6.54 Å². The van der Waals surface area contributed by atoms with Gasteiger partial charge in [0.1, 0.15) is 12.1 Å². The highest BCUT2D eigenvalue weighted by Crippen LogP contribution is 2.15. The van der Waals surface area contributed by atoms with Crippen LogP contribution in [0.4, 0.5) is 0 Å². The van der Waals surface area contributed by atoms with Gasteiger partial charge >= 0.3 is 0 Å². The molecule has 104 valence electrons. The number of hydrogen-bond donors (Lipinski definition) is 1. The molecule has 5 heteroatoms. The lowest BCUT2D eigenvalue weighted by Gasteiger charge is -2.37. The van der Waals surface area contributed by atoms with Crippen LogP contribution in [-0.2, 0) is 16.0 Å². The molecular formula is C14H20N2O2S. The van der Waals surface area contributed by atoms with Crippen LogP contribution in [0.2, 0.25) is 0 Å². The molecule has 1 fully saturated rings. The molecule has 0 bridgehead atoms. The molecule has 0 aromatic carbocycles.